The number of anilines is 2. The molecule has 2 aliphatic carbocycles. The molecule has 0 spiro atoms. The molecule has 0 saturated heterocycles. The van der Waals surface area contributed by atoms with Gasteiger partial charge in [-0.15, -0.1) is 5.10 Å². The van der Waals surface area contributed by atoms with Crippen molar-refractivity contribution in [1.82, 2.24) is 20.2 Å². The van der Waals surface area contributed by atoms with Crippen molar-refractivity contribution in [2.24, 2.45) is 13.0 Å². The van der Waals surface area contributed by atoms with Gasteiger partial charge in [0.2, 0.25) is 0 Å². The van der Waals surface area contributed by atoms with E-state index in [2.05, 4.69) is 44.2 Å². The Morgan fingerprint density at radius 3 is 2.38 bits per heavy atom. The molecule has 0 atom stereocenters. The lowest BCUT2D eigenvalue weighted by atomic mass is 10.0. The van der Waals surface area contributed by atoms with E-state index in [9.17, 15) is 13.2 Å². The number of nitrogens with zero attached hydrogens (tertiary/aromatic N) is 7. The number of aryl methyl sites for hydroxylation is 3. The zero-order chi connectivity index (χ0) is 27.6. The van der Waals surface area contributed by atoms with E-state index in [0.29, 0.717) is 24.0 Å². The highest BCUT2D eigenvalue weighted by Crippen LogP contribution is 2.36. The molecule has 0 amide bonds. The first kappa shape index (κ1) is 27.0. The first-order chi connectivity index (χ1) is 18.7. The molecule has 1 saturated carbocycles. The molecule has 0 aliphatic heterocycles. The Morgan fingerprint density at radius 2 is 1.74 bits per heavy atom. The SMILES string of the molecule is [C-]#[N+]c1cc(CN(Cc2cc3c(cc2N(CC)CC2CCCC2)CCC3)c2nnn(C)n2)cc(C(F)(F)F)c1. The van der Waals surface area contributed by atoms with Crippen LogP contribution in [0.5, 0.6) is 0 Å². The Hall–Kier alpha value is -3.61. The molecule has 1 fully saturated rings. The van der Waals surface area contributed by atoms with Crippen LogP contribution in [0.2, 0.25) is 0 Å². The van der Waals surface area contributed by atoms with Gasteiger partial charge in [0, 0.05) is 37.4 Å². The number of aromatic nitrogens is 4. The number of tetrazole rings is 1. The molecular weight excluding hydrogens is 503 g/mol. The molecule has 10 heteroatoms. The Balaban J connectivity index is 1.52. The van der Waals surface area contributed by atoms with Crippen LogP contribution in [0.1, 0.15) is 66.8 Å². The van der Waals surface area contributed by atoms with E-state index in [1.54, 1.807) is 7.05 Å². The molecule has 1 heterocycles. The van der Waals surface area contributed by atoms with E-state index < -0.39 is 11.7 Å². The van der Waals surface area contributed by atoms with Crippen molar-refractivity contribution in [3.8, 4) is 0 Å². The molecule has 1 aromatic heterocycles. The number of hydrogen-bond acceptors (Lipinski definition) is 5. The van der Waals surface area contributed by atoms with Gasteiger partial charge in [-0.3, -0.25) is 0 Å². The van der Waals surface area contributed by atoms with Gasteiger partial charge >= 0.3 is 6.18 Å². The van der Waals surface area contributed by atoms with Crippen LogP contribution in [0.25, 0.3) is 4.85 Å². The summed E-state index contributed by atoms with van der Waals surface area (Å²) < 4.78 is 40.8. The van der Waals surface area contributed by atoms with Crippen molar-refractivity contribution in [1.29, 1.82) is 0 Å². The van der Waals surface area contributed by atoms with E-state index in [1.807, 2.05) is 4.90 Å². The summed E-state index contributed by atoms with van der Waals surface area (Å²) in [5.41, 5.74) is 4.53. The minimum absolute atomic E-state index is 0.0428. The summed E-state index contributed by atoms with van der Waals surface area (Å²) in [6.07, 6.45) is 3.78. The van der Waals surface area contributed by atoms with Crippen LogP contribution in [-0.2, 0) is 39.2 Å². The highest BCUT2D eigenvalue weighted by molar-refractivity contribution is 5.60. The molecule has 0 bridgehead atoms. The molecule has 2 aromatic carbocycles. The molecule has 0 radical (unpaired) electrons. The van der Waals surface area contributed by atoms with Crippen LogP contribution in [-0.4, -0.2) is 33.3 Å². The first-order valence-electron chi connectivity index (χ1n) is 13.7. The van der Waals surface area contributed by atoms with Gasteiger partial charge in [0.05, 0.1) is 13.6 Å². The van der Waals surface area contributed by atoms with Gasteiger partial charge in [-0.05, 0) is 90.6 Å². The average Bonchev–Trinajstić information content (AvgIpc) is 3.68. The number of hydrogen-bond donors (Lipinski definition) is 0. The highest BCUT2D eigenvalue weighted by atomic mass is 19.4. The summed E-state index contributed by atoms with van der Waals surface area (Å²) in [7, 11) is 1.66. The zero-order valence-corrected chi connectivity index (χ0v) is 22.5. The first-order valence-corrected chi connectivity index (χ1v) is 13.7. The number of fused-ring (bicyclic) bond motifs is 1. The van der Waals surface area contributed by atoms with Crippen molar-refractivity contribution in [3.05, 3.63) is 69.6 Å². The maximum absolute atomic E-state index is 13.6. The van der Waals surface area contributed by atoms with Crippen LogP contribution >= 0.6 is 0 Å². The third-order valence-electron chi connectivity index (χ3n) is 7.92. The van der Waals surface area contributed by atoms with Crippen molar-refractivity contribution >= 4 is 17.3 Å². The predicted molar refractivity (Wildman–Crippen MR) is 145 cm³/mol. The second kappa shape index (κ2) is 11.2. The van der Waals surface area contributed by atoms with Crippen LogP contribution in [0.3, 0.4) is 0 Å². The minimum atomic E-state index is -4.54. The van der Waals surface area contributed by atoms with Gasteiger partial charge in [0.15, 0.2) is 5.69 Å². The standard InChI is InChI=1S/C29H34F3N7/c1-4-38(17-20-8-5-6-9-20)27-15-23-11-7-10-22(23)14-24(27)19-39(28-34-36-37(3)35-28)18-21-12-25(29(30,31)32)16-26(13-21)33-2/h12-16,20H,4-11,17-19H2,1,3H3. The lowest BCUT2D eigenvalue weighted by Gasteiger charge is -2.31. The number of halogens is 3. The van der Waals surface area contributed by atoms with E-state index >= 15 is 0 Å². The van der Waals surface area contributed by atoms with E-state index in [-0.39, 0.29) is 12.2 Å². The second-order valence-electron chi connectivity index (χ2n) is 10.7. The monoisotopic (exact) mass is 537 g/mol. The van der Waals surface area contributed by atoms with Crippen LogP contribution in [0, 0.1) is 12.5 Å². The molecule has 206 valence electrons. The Bertz CT molecular complexity index is 1350. The Morgan fingerprint density at radius 1 is 1.00 bits per heavy atom. The van der Waals surface area contributed by atoms with E-state index in [1.165, 1.54) is 53.4 Å². The maximum atomic E-state index is 13.6. The van der Waals surface area contributed by atoms with E-state index in [4.69, 9.17) is 6.57 Å². The third-order valence-corrected chi connectivity index (χ3v) is 7.92. The normalized spacial score (nSPS) is 15.4. The van der Waals surface area contributed by atoms with Gasteiger partial charge in [0.1, 0.15) is 0 Å². The molecule has 7 nitrogen and oxygen atoms in total. The molecule has 5 rings (SSSR count). The van der Waals surface area contributed by atoms with Crippen molar-refractivity contribution in [3.63, 3.8) is 0 Å². The number of rotatable bonds is 9. The number of alkyl halides is 3. The molecule has 0 unspecified atom stereocenters. The number of benzene rings is 2. The van der Waals surface area contributed by atoms with Crippen LogP contribution in [0.4, 0.5) is 30.5 Å². The lowest BCUT2D eigenvalue weighted by molar-refractivity contribution is -0.137. The molecule has 0 N–H and O–H groups in total. The van der Waals surface area contributed by atoms with Gasteiger partial charge in [-0.25, -0.2) is 4.85 Å². The lowest BCUT2D eigenvalue weighted by Crippen LogP contribution is -2.31. The van der Waals surface area contributed by atoms with Crippen molar-refractivity contribution in [2.45, 2.75) is 71.1 Å². The largest absolute Gasteiger partial charge is 0.415 e. The van der Waals surface area contributed by atoms with Crippen molar-refractivity contribution < 1.29 is 13.2 Å². The second-order valence-corrected chi connectivity index (χ2v) is 10.7. The summed E-state index contributed by atoms with van der Waals surface area (Å²) in [6, 6.07) is 8.12. The fraction of sp³-hybridized carbons (Fsp3) is 0.517. The average molecular weight is 538 g/mol. The van der Waals surface area contributed by atoms with Gasteiger partial charge < -0.3 is 9.80 Å². The summed E-state index contributed by atoms with van der Waals surface area (Å²) in [5, 5.41) is 12.6. The highest BCUT2D eigenvalue weighted by Gasteiger charge is 2.31. The summed E-state index contributed by atoms with van der Waals surface area (Å²) in [6.45, 7) is 11.9. The minimum Gasteiger partial charge on any atom is -0.371 e. The maximum Gasteiger partial charge on any atom is 0.415 e. The van der Waals surface area contributed by atoms with E-state index in [0.717, 1.165) is 50.0 Å². The molecular formula is C29H34F3N7. The summed E-state index contributed by atoms with van der Waals surface area (Å²) in [4.78, 5) is 8.96. The van der Waals surface area contributed by atoms with Crippen LogP contribution < -0.4 is 9.80 Å². The molecule has 3 aromatic rings. The quantitative estimate of drug-likeness (QED) is 0.292. The fourth-order valence-electron chi connectivity index (χ4n) is 6.00. The van der Waals surface area contributed by atoms with Crippen molar-refractivity contribution in [2.75, 3.05) is 22.9 Å². The predicted octanol–water partition coefficient (Wildman–Crippen LogP) is 6.49. The third kappa shape index (κ3) is 6.18. The summed E-state index contributed by atoms with van der Waals surface area (Å²) in [5.74, 6) is 1.02. The Kier molecular flexibility index (Phi) is 7.78. The van der Waals surface area contributed by atoms with Crippen LogP contribution in [0.15, 0.2) is 30.3 Å². The Labute approximate surface area is 227 Å². The van der Waals surface area contributed by atoms with Gasteiger partial charge in [0.25, 0.3) is 5.95 Å². The zero-order valence-electron chi connectivity index (χ0n) is 22.5. The smallest absolute Gasteiger partial charge is 0.371 e. The fourth-order valence-corrected chi connectivity index (χ4v) is 6.00. The van der Waals surface area contributed by atoms with Gasteiger partial charge in [-0.2, -0.15) is 18.0 Å². The topological polar surface area (TPSA) is 54.4 Å². The molecule has 39 heavy (non-hydrogen) atoms. The summed E-state index contributed by atoms with van der Waals surface area (Å²) >= 11 is 0. The van der Waals surface area contributed by atoms with Gasteiger partial charge in [-0.1, -0.05) is 30.1 Å². The molecule has 2 aliphatic rings.